The number of nitrogens with one attached hydrogen (secondary N) is 1. The summed E-state index contributed by atoms with van der Waals surface area (Å²) < 4.78 is 0. The van der Waals surface area contributed by atoms with Crippen LogP contribution in [-0.2, 0) is 13.1 Å². The third-order valence-electron chi connectivity index (χ3n) is 3.14. The maximum atomic E-state index is 4.64. The van der Waals surface area contributed by atoms with Crippen molar-refractivity contribution in [2.24, 2.45) is 0 Å². The van der Waals surface area contributed by atoms with Crippen molar-refractivity contribution in [1.29, 1.82) is 0 Å². The second-order valence-corrected chi connectivity index (χ2v) is 5.17. The summed E-state index contributed by atoms with van der Waals surface area (Å²) in [5.74, 6) is 0.870. The molecule has 0 atom stereocenters. The zero-order chi connectivity index (χ0) is 15.1. The number of anilines is 1. The van der Waals surface area contributed by atoms with Gasteiger partial charge < -0.3 is 10.2 Å². The van der Waals surface area contributed by atoms with Crippen molar-refractivity contribution < 1.29 is 0 Å². The van der Waals surface area contributed by atoms with E-state index in [4.69, 9.17) is 0 Å². The van der Waals surface area contributed by atoms with Crippen molar-refractivity contribution in [1.82, 2.24) is 20.3 Å². The summed E-state index contributed by atoms with van der Waals surface area (Å²) in [6, 6.07) is 6.06. The first kappa shape index (κ1) is 15.4. The molecule has 2 rings (SSSR count). The first-order valence-corrected chi connectivity index (χ1v) is 7.34. The molecule has 5 nitrogen and oxygen atoms in total. The van der Waals surface area contributed by atoms with Crippen LogP contribution >= 0.6 is 0 Å². The van der Waals surface area contributed by atoms with Crippen molar-refractivity contribution in [2.45, 2.75) is 33.4 Å². The molecular weight excluding hydrogens is 262 g/mol. The maximum Gasteiger partial charge on any atom is 0.147 e. The lowest BCUT2D eigenvalue weighted by Crippen LogP contribution is -2.21. The van der Waals surface area contributed by atoms with Gasteiger partial charge in [0.2, 0.25) is 0 Å². The molecule has 1 N–H and O–H groups in total. The van der Waals surface area contributed by atoms with E-state index in [0.29, 0.717) is 0 Å². The number of rotatable bonds is 7. The molecule has 2 heterocycles. The van der Waals surface area contributed by atoms with Gasteiger partial charge in [-0.15, -0.1) is 0 Å². The highest BCUT2D eigenvalue weighted by molar-refractivity contribution is 5.36. The number of aromatic nitrogens is 3. The molecule has 0 aliphatic rings. The summed E-state index contributed by atoms with van der Waals surface area (Å²) >= 11 is 0. The minimum atomic E-state index is 0.724. The zero-order valence-electron chi connectivity index (χ0n) is 13.0. The highest BCUT2D eigenvalue weighted by Gasteiger charge is 2.06. The Labute approximate surface area is 126 Å². The Balaban J connectivity index is 2.01. The number of hydrogen-bond donors (Lipinski definition) is 1. The molecule has 2 aromatic heterocycles. The van der Waals surface area contributed by atoms with Crippen molar-refractivity contribution in [3.05, 3.63) is 47.7 Å². The van der Waals surface area contributed by atoms with E-state index in [-0.39, 0.29) is 0 Å². The fraction of sp³-hybridized carbons (Fsp3) is 0.438. The minimum Gasteiger partial charge on any atom is -0.352 e. The third kappa shape index (κ3) is 4.79. The van der Waals surface area contributed by atoms with E-state index in [1.54, 1.807) is 6.20 Å². The number of aryl methyl sites for hydroxylation is 1. The predicted molar refractivity (Wildman–Crippen MR) is 85.1 cm³/mol. The highest BCUT2D eigenvalue weighted by Crippen LogP contribution is 2.11. The molecule has 5 heteroatoms. The standard InChI is InChI=1S/C16H23N5/c1-4-8-17-9-15-10-18-11-16(20-15)21(3)12-14-7-5-6-13(2)19-14/h5-7,10-11,17H,4,8-9,12H2,1-3H3. The summed E-state index contributed by atoms with van der Waals surface area (Å²) in [7, 11) is 2.01. The van der Waals surface area contributed by atoms with Gasteiger partial charge in [0.1, 0.15) is 5.82 Å². The van der Waals surface area contributed by atoms with Gasteiger partial charge in [-0.25, -0.2) is 4.98 Å². The van der Waals surface area contributed by atoms with Gasteiger partial charge in [0.25, 0.3) is 0 Å². The lowest BCUT2D eigenvalue weighted by molar-refractivity contribution is 0.660. The van der Waals surface area contributed by atoms with Gasteiger partial charge in [-0.2, -0.15) is 0 Å². The van der Waals surface area contributed by atoms with Gasteiger partial charge in [0.15, 0.2) is 0 Å². The van der Waals surface area contributed by atoms with Crippen LogP contribution in [-0.4, -0.2) is 28.5 Å². The van der Waals surface area contributed by atoms with Gasteiger partial charge in [-0.1, -0.05) is 13.0 Å². The first-order valence-electron chi connectivity index (χ1n) is 7.34. The molecule has 0 bridgehead atoms. The van der Waals surface area contributed by atoms with Crippen LogP contribution in [0.25, 0.3) is 0 Å². The number of hydrogen-bond acceptors (Lipinski definition) is 5. The van der Waals surface area contributed by atoms with Crippen LogP contribution in [0.15, 0.2) is 30.6 Å². The Morgan fingerprint density at radius 2 is 2.00 bits per heavy atom. The molecule has 0 saturated carbocycles. The highest BCUT2D eigenvalue weighted by atomic mass is 15.2. The molecule has 2 aromatic rings. The average Bonchev–Trinajstić information content (AvgIpc) is 2.48. The summed E-state index contributed by atoms with van der Waals surface area (Å²) in [5.41, 5.74) is 3.03. The van der Waals surface area contributed by atoms with E-state index in [9.17, 15) is 0 Å². The van der Waals surface area contributed by atoms with Crippen molar-refractivity contribution in [3.63, 3.8) is 0 Å². The van der Waals surface area contributed by atoms with E-state index in [0.717, 1.165) is 49.0 Å². The van der Waals surface area contributed by atoms with Gasteiger partial charge >= 0.3 is 0 Å². The molecule has 0 fully saturated rings. The normalized spacial score (nSPS) is 10.6. The predicted octanol–water partition coefficient (Wildman–Crippen LogP) is 2.32. The smallest absolute Gasteiger partial charge is 0.147 e. The van der Waals surface area contributed by atoms with Crippen LogP contribution in [0.5, 0.6) is 0 Å². The lowest BCUT2D eigenvalue weighted by atomic mass is 10.3. The molecule has 0 amide bonds. The Kier molecular flexibility index (Phi) is 5.63. The summed E-state index contributed by atoms with van der Waals surface area (Å²) in [6.07, 6.45) is 4.72. The van der Waals surface area contributed by atoms with E-state index in [1.165, 1.54) is 0 Å². The first-order chi connectivity index (χ1) is 10.2. The van der Waals surface area contributed by atoms with E-state index < -0.39 is 0 Å². The topological polar surface area (TPSA) is 53.9 Å². The quantitative estimate of drug-likeness (QED) is 0.791. The van der Waals surface area contributed by atoms with E-state index in [1.807, 2.05) is 38.4 Å². The number of pyridine rings is 1. The summed E-state index contributed by atoms with van der Waals surface area (Å²) in [5, 5.41) is 3.34. The average molecular weight is 285 g/mol. The Morgan fingerprint density at radius 1 is 1.14 bits per heavy atom. The Hall–Kier alpha value is -2.01. The molecule has 0 aliphatic carbocycles. The van der Waals surface area contributed by atoms with Crippen LogP contribution in [0, 0.1) is 6.92 Å². The van der Waals surface area contributed by atoms with Crippen LogP contribution < -0.4 is 10.2 Å². The molecule has 0 unspecified atom stereocenters. The van der Waals surface area contributed by atoms with E-state index in [2.05, 4.69) is 32.1 Å². The van der Waals surface area contributed by atoms with Crippen LogP contribution in [0.1, 0.15) is 30.4 Å². The monoisotopic (exact) mass is 285 g/mol. The molecule has 0 spiro atoms. The minimum absolute atomic E-state index is 0.724. The Morgan fingerprint density at radius 3 is 2.76 bits per heavy atom. The van der Waals surface area contributed by atoms with Gasteiger partial charge in [-0.3, -0.25) is 9.97 Å². The molecular formula is C16H23N5. The SMILES string of the molecule is CCCNCc1cncc(N(C)Cc2cccc(C)n2)n1. The van der Waals surface area contributed by atoms with Crippen molar-refractivity contribution >= 4 is 5.82 Å². The second kappa shape index (κ2) is 7.69. The largest absolute Gasteiger partial charge is 0.352 e. The second-order valence-electron chi connectivity index (χ2n) is 5.17. The van der Waals surface area contributed by atoms with Crippen molar-refractivity contribution in [2.75, 3.05) is 18.5 Å². The molecule has 0 radical (unpaired) electrons. The fourth-order valence-corrected chi connectivity index (χ4v) is 2.07. The molecule has 0 aliphatic heterocycles. The summed E-state index contributed by atoms with van der Waals surface area (Å²) in [6.45, 7) is 6.63. The zero-order valence-corrected chi connectivity index (χ0v) is 13.0. The molecule has 112 valence electrons. The van der Waals surface area contributed by atoms with Gasteiger partial charge in [0, 0.05) is 25.5 Å². The van der Waals surface area contributed by atoms with Crippen LogP contribution in [0.3, 0.4) is 0 Å². The summed E-state index contributed by atoms with van der Waals surface area (Å²) in [4.78, 5) is 15.5. The fourth-order valence-electron chi connectivity index (χ4n) is 2.07. The molecule has 21 heavy (non-hydrogen) atoms. The van der Waals surface area contributed by atoms with Gasteiger partial charge in [-0.05, 0) is 32.0 Å². The van der Waals surface area contributed by atoms with Crippen LogP contribution in [0.2, 0.25) is 0 Å². The number of nitrogens with zero attached hydrogens (tertiary/aromatic N) is 4. The molecule has 0 saturated heterocycles. The molecule has 0 aromatic carbocycles. The van der Waals surface area contributed by atoms with Gasteiger partial charge in [0.05, 0.1) is 24.1 Å². The van der Waals surface area contributed by atoms with Crippen molar-refractivity contribution in [3.8, 4) is 0 Å². The maximum absolute atomic E-state index is 4.64. The van der Waals surface area contributed by atoms with E-state index >= 15 is 0 Å². The Bertz CT molecular complexity index is 570. The third-order valence-corrected chi connectivity index (χ3v) is 3.14. The lowest BCUT2D eigenvalue weighted by Gasteiger charge is -2.18. The van der Waals surface area contributed by atoms with Crippen LogP contribution in [0.4, 0.5) is 5.82 Å².